The van der Waals surface area contributed by atoms with Gasteiger partial charge in [-0.15, -0.1) is 0 Å². The van der Waals surface area contributed by atoms with E-state index in [9.17, 15) is 4.79 Å². The van der Waals surface area contributed by atoms with Gasteiger partial charge in [-0.2, -0.15) is 0 Å². The van der Waals surface area contributed by atoms with E-state index in [0.29, 0.717) is 36.0 Å². The average molecular weight is 536 g/mol. The summed E-state index contributed by atoms with van der Waals surface area (Å²) in [4.78, 5) is 27.0. The Morgan fingerprint density at radius 3 is 2.77 bits per heavy atom. The van der Waals surface area contributed by atoms with E-state index in [-0.39, 0.29) is 5.92 Å². The number of pyridine rings is 1. The molecule has 3 heterocycles. The van der Waals surface area contributed by atoms with Crippen LogP contribution in [0, 0.1) is 18.8 Å². The van der Waals surface area contributed by atoms with Crippen LogP contribution in [0.5, 0.6) is 11.6 Å². The molecule has 3 atom stereocenters. The second kappa shape index (κ2) is 11.7. The van der Waals surface area contributed by atoms with Crippen molar-refractivity contribution in [2.75, 3.05) is 18.4 Å². The Hall–Kier alpha value is -3.84. The number of carbonyl (C=O) groups is 1. The van der Waals surface area contributed by atoms with Gasteiger partial charge in [0, 0.05) is 42.7 Å². The highest BCUT2D eigenvalue weighted by Crippen LogP contribution is 2.38. The lowest BCUT2D eigenvalue weighted by Crippen LogP contribution is -2.38. The van der Waals surface area contributed by atoms with Crippen molar-refractivity contribution in [1.29, 1.82) is 0 Å². The molecule has 2 N–H and O–H groups in total. The summed E-state index contributed by atoms with van der Waals surface area (Å²) in [5.74, 6) is 3.02. The lowest BCUT2D eigenvalue weighted by molar-refractivity contribution is -0.122. The van der Waals surface area contributed by atoms with E-state index in [1.807, 2.05) is 31.2 Å². The molecule has 2 fully saturated rings. The van der Waals surface area contributed by atoms with E-state index in [4.69, 9.17) is 9.72 Å². The number of benzene rings is 2. The lowest BCUT2D eigenvalue weighted by atomic mass is 9.92. The molecule has 7 heteroatoms. The van der Waals surface area contributed by atoms with Crippen molar-refractivity contribution >= 4 is 22.5 Å². The fourth-order valence-electron chi connectivity index (χ4n) is 6.13. The third kappa shape index (κ3) is 5.70. The Bertz CT molecular complexity index is 1510. The highest BCUT2D eigenvalue weighted by Gasteiger charge is 2.27. The monoisotopic (exact) mass is 535 g/mol. The molecule has 40 heavy (non-hydrogen) atoms. The minimum absolute atomic E-state index is 0.184. The number of hydrogen-bond donors (Lipinski definition) is 2. The Balaban J connectivity index is 1.29. The zero-order valence-electron chi connectivity index (χ0n) is 23.3. The zero-order valence-corrected chi connectivity index (χ0v) is 23.3. The maximum atomic E-state index is 13.1. The first-order valence-corrected chi connectivity index (χ1v) is 14.5. The van der Waals surface area contributed by atoms with E-state index >= 15 is 0 Å². The quantitative estimate of drug-likeness (QED) is 0.266. The summed E-state index contributed by atoms with van der Waals surface area (Å²) in [6.45, 7) is 6.25. The molecule has 206 valence electrons. The minimum atomic E-state index is 0.184. The normalized spacial score (nSPS) is 20.9. The molecule has 2 aliphatic rings. The number of Topliss-reactive ketones (excluding diaryl/α,β-unsaturated/α-hetero) is 1. The standard InChI is InChI=1S/C33H37N5O2/c1-21-10-12-24(18-21)30(39)19-23-6-3-8-27-26(23)13-11-22(2)31(27)40-32-28(9-5-16-35-32)29-14-17-36-33(38-29)37-25-7-4-15-34-20-25/h3,5-6,8-9,11,13-14,16-17,21,24-25,34H,4,7,10,12,15,18-20H2,1-2H3,(H,36,37,38)/t21?,24-,25-/m0/s1. The molecule has 1 aliphatic carbocycles. The molecule has 4 aromatic rings. The number of carbonyl (C=O) groups excluding carboxylic acids is 1. The topological polar surface area (TPSA) is 89.0 Å². The van der Waals surface area contributed by atoms with Crippen molar-refractivity contribution in [3.05, 3.63) is 72.1 Å². The second-order valence-corrected chi connectivity index (χ2v) is 11.4. The van der Waals surface area contributed by atoms with Crippen LogP contribution in [0.4, 0.5) is 5.95 Å². The fourth-order valence-corrected chi connectivity index (χ4v) is 6.13. The molecule has 7 nitrogen and oxygen atoms in total. The van der Waals surface area contributed by atoms with Gasteiger partial charge in [-0.05, 0) is 86.2 Å². The van der Waals surface area contributed by atoms with Crippen LogP contribution in [0.2, 0.25) is 0 Å². The number of aryl methyl sites for hydroxylation is 1. The molecule has 2 aromatic heterocycles. The summed E-state index contributed by atoms with van der Waals surface area (Å²) >= 11 is 0. The van der Waals surface area contributed by atoms with Gasteiger partial charge in [0.05, 0.1) is 11.3 Å². The molecule has 0 spiro atoms. The number of anilines is 1. The van der Waals surface area contributed by atoms with E-state index < -0.39 is 0 Å². The fraction of sp³-hybridized carbons (Fsp3) is 0.394. The molecule has 1 saturated heterocycles. The Morgan fingerprint density at radius 2 is 1.95 bits per heavy atom. The largest absolute Gasteiger partial charge is 0.437 e. The average Bonchev–Trinajstić information content (AvgIpc) is 3.42. The third-order valence-corrected chi connectivity index (χ3v) is 8.35. The van der Waals surface area contributed by atoms with Crippen LogP contribution < -0.4 is 15.4 Å². The van der Waals surface area contributed by atoms with Crippen molar-refractivity contribution in [3.63, 3.8) is 0 Å². The maximum absolute atomic E-state index is 13.1. The Labute approximate surface area is 235 Å². The first-order chi connectivity index (χ1) is 19.5. The van der Waals surface area contributed by atoms with Gasteiger partial charge in [-0.1, -0.05) is 37.3 Å². The van der Waals surface area contributed by atoms with Crippen LogP contribution in [0.15, 0.2) is 60.9 Å². The summed E-state index contributed by atoms with van der Waals surface area (Å²) in [6.07, 6.45) is 9.37. The maximum Gasteiger partial charge on any atom is 0.228 e. The molecule has 2 aromatic carbocycles. The molecule has 0 radical (unpaired) electrons. The summed E-state index contributed by atoms with van der Waals surface area (Å²) in [5, 5.41) is 8.92. The van der Waals surface area contributed by atoms with E-state index in [0.717, 1.165) is 84.1 Å². The van der Waals surface area contributed by atoms with Crippen molar-refractivity contribution in [2.24, 2.45) is 11.8 Å². The summed E-state index contributed by atoms with van der Waals surface area (Å²) in [6, 6.07) is 16.4. The van der Waals surface area contributed by atoms with Crippen LogP contribution >= 0.6 is 0 Å². The highest BCUT2D eigenvalue weighted by molar-refractivity contribution is 5.95. The number of ketones is 1. The molecular weight excluding hydrogens is 498 g/mol. The molecule has 6 rings (SSSR count). The van der Waals surface area contributed by atoms with Crippen molar-refractivity contribution < 1.29 is 9.53 Å². The number of ether oxygens (including phenoxy) is 1. The first-order valence-electron chi connectivity index (χ1n) is 14.5. The summed E-state index contributed by atoms with van der Waals surface area (Å²) in [5.41, 5.74) is 3.61. The van der Waals surface area contributed by atoms with Crippen molar-refractivity contribution in [2.45, 2.75) is 58.4 Å². The molecule has 0 amide bonds. The highest BCUT2D eigenvalue weighted by atomic mass is 16.5. The number of rotatable bonds is 8. The third-order valence-electron chi connectivity index (χ3n) is 8.35. The van der Waals surface area contributed by atoms with Gasteiger partial charge in [-0.25, -0.2) is 15.0 Å². The smallest absolute Gasteiger partial charge is 0.228 e. The van der Waals surface area contributed by atoms with Gasteiger partial charge in [0.1, 0.15) is 11.5 Å². The minimum Gasteiger partial charge on any atom is -0.437 e. The zero-order chi connectivity index (χ0) is 27.5. The predicted octanol–water partition coefficient (Wildman–Crippen LogP) is 6.50. The summed E-state index contributed by atoms with van der Waals surface area (Å²) in [7, 11) is 0. The van der Waals surface area contributed by atoms with Crippen LogP contribution in [-0.2, 0) is 11.2 Å². The van der Waals surface area contributed by atoms with Crippen LogP contribution in [0.3, 0.4) is 0 Å². The molecule has 1 aliphatic heterocycles. The lowest BCUT2D eigenvalue weighted by Gasteiger charge is -2.23. The molecule has 1 unspecified atom stereocenters. The van der Waals surface area contributed by atoms with Crippen LogP contribution in [0.1, 0.15) is 50.2 Å². The van der Waals surface area contributed by atoms with Crippen molar-refractivity contribution in [3.8, 4) is 22.9 Å². The SMILES string of the molecule is Cc1ccc2c(CC(=O)[C@H]3CCC(C)C3)cccc2c1Oc1ncccc1-c1ccnc(N[C@H]2CCCNC2)n1. The molecule has 1 saturated carbocycles. The number of fused-ring (bicyclic) bond motifs is 1. The number of nitrogens with zero attached hydrogens (tertiary/aromatic N) is 3. The van der Waals surface area contributed by atoms with E-state index in [2.05, 4.69) is 51.8 Å². The second-order valence-electron chi connectivity index (χ2n) is 11.4. The van der Waals surface area contributed by atoms with Gasteiger partial charge >= 0.3 is 0 Å². The summed E-state index contributed by atoms with van der Waals surface area (Å²) < 4.78 is 6.58. The Kier molecular flexibility index (Phi) is 7.73. The van der Waals surface area contributed by atoms with Crippen molar-refractivity contribution in [1.82, 2.24) is 20.3 Å². The molecular formula is C33H37N5O2. The molecule has 0 bridgehead atoms. The van der Waals surface area contributed by atoms with Crippen LogP contribution in [-0.4, -0.2) is 39.9 Å². The Morgan fingerprint density at radius 1 is 1.02 bits per heavy atom. The van der Waals surface area contributed by atoms with Gasteiger partial charge in [0.15, 0.2) is 0 Å². The number of hydrogen-bond acceptors (Lipinski definition) is 7. The predicted molar refractivity (Wildman–Crippen MR) is 159 cm³/mol. The number of nitrogens with one attached hydrogen (secondary N) is 2. The van der Waals surface area contributed by atoms with Gasteiger partial charge in [0.25, 0.3) is 0 Å². The first kappa shape index (κ1) is 26.4. The number of piperidine rings is 1. The van der Waals surface area contributed by atoms with E-state index in [1.165, 1.54) is 0 Å². The van der Waals surface area contributed by atoms with Crippen LogP contribution in [0.25, 0.3) is 22.0 Å². The van der Waals surface area contributed by atoms with Gasteiger partial charge in [0.2, 0.25) is 11.8 Å². The number of aromatic nitrogens is 3. The van der Waals surface area contributed by atoms with Gasteiger partial charge in [-0.3, -0.25) is 4.79 Å². The van der Waals surface area contributed by atoms with E-state index in [1.54, 1.807) is 12.4 Å². The van der Waals surface area contributed by atoms with Gasteiger partial charge < -0.3 is 15.4 Å².